The van der Waals surface area contributed by atoms with Gasteiger partial charge in [-0.15, -0.1) is 11.3 Å². The highest BCUT2D eigenvalue weighted by atomic mass is 32.1. The third kappa shape index (κ3) is 10.6. The topological polar surface area (TPSA) is 110 Å². The highest BCUT2D eigenvalue weighted by Crippen LogP contribution is 2.52. The minimum atomic E-state index is 0.565. The lowest BCUT2D eigenvalue weighted by Gasteiger charge is -2.14. The van der Waals surface area contributed by atoms with Crippen LogP contribution in [0.15, 0.2) is 417 Å². The predicted octanol–water partition coefficient (Wildman–Crippen LogP) is 31.6. The Morgan fingerprint density at radius 2 is 0.652 bits per heavy atom. The number of hydrogen-bond donors (Lipinski definition) is 0. The van der Waals surface area contributed by atoms with Crippen LogP contribution < -0.4 is 0 Å². The molecule has 0 saturated carbocycles. The summed E-state index contributed by atoms with van der Waals surface area (Å²) in [5, 5.41) is 23.4. The van der Waals surface area contributed by atoms with Crippen LogP contribution in [0.2, 0.25) is 0 Å². The summed E-state index contributed by atoms with van der Waals surface area (Å²) >= 11 is 1.87. The van der Waals surface area contributed by atoms with E-state index < -0.39 is 0 Å². The summed E-state index contributed by atoms with van der Waals surface area (Å²) in [6, 6.07) is 149. The van der Waals surface area contributed by atoms with Crippen LogP contribution in [0.1, 0.15) is 0 Å². The average molecular weight is 1700 g/mol. The maximum Gasteiger partial charge on any atom is 0.235 e. The van der Waals surface area contributed by atoms with Gasteiger partial charge in [0.15, 0.2) is 5.58 Å². The lowest BCUT2D eigenvalue weighted by molar-refractivity contribution is 0.671. The van der Waals surface area contributed by atoms with Gasteiger partial charge in [-0.1, -0.05) is 303 Å². The molecule has 29 aromatic rings. The molecule has 0 amide bonds. The molecule has 0 bridgehead atoms. The van der Waals surface area contributed by atoms with Crippen LogP contribution >= 0.6 is 11.3 Å². The second-order valence-electron chi connectivity index (χ2n) is 34.6. The Balaban J connectivity index is 0.516. The third-order valence-electron chi connectivity index (χ3n) is 27.5. The zero-order valence-corrected chi connectivity index (χ0v) is 71.4. The quantitative estimate of drug-likeness (QED) is 0.125. The summed E-state index contributed by atoms with van der Waals surface area (Å²) in [4.78, 5) is 33.5. The Hall–Kier alpha value is -17.6. The molecule has 12 heteroatoms. The van der Waals surface area contributed by atoms with E-state index in [4.69, 9.17) is 34.3 Å². The number of benzene rings is 20. The molecule has 9 aromatic heterocycles. The first-order valence-electron chi connectivity index (χ1n) is 44.7. The molecule has 0 aliphatic carbocycles. The maximum atomic E-state index is 7.16. The van der Waals surface area contributed by atoms with E-state index in [2.05, 4.69) is 431 Å². The van der Waals surface area contributed by atoms with Crippen LogP contribution in [0.4, 0.5) is 0 Å². The molecule has 11 nitrogen and oxygen atoms in total. The van der Waals surface area contributed by atoms with E-state index in [1.165, 1.54) is 52.5 Å². The van der Waals surface area contributed by atoms with Crippen molar-refractivity contribution < 1.29 is 4.42 Å². The lowest BCUT2D eigenvalue weighted by Crippen LogP contribution is -2.04. The van der Waals surface area contributed by atoms with Gasteiger partial charge in [0, 0.05) is 129 Å². The molecule has 0 spiro atoms. The second-order valence-corrected chi connectivity index (χ2v) is 35.7. The standard InChI is InChI=1S/C120H68N10OS/c1-2-27-71(28-3-1)110-92-61-54-70-26-4-5-33-80(70)113(92)126-120(123-110)130-100-48-20-12-40-88(100)106-95-68-74(55-60-83(95)107-90-42-14-22-50-104(90)131-116(107)115(106)130)73-30-25-32-78(65-73)111-86-38-8-16-44-96(86)121-118(124-111)128-99-47-19-11-35-82(99)94-67-76(57-63-103(94)128)75-56-62-102-93(66-75)81-34-10-18-46-98(81)127(102)79-58-52-69(53-59-79)72-29-24-31-77(64-72)112-87-39-9-17-45-97(87)122-119(125-112)129-101-49-21-13-41-89(101)108-109-91-43-15-23-51-105(91)132-117(109)85-37-7-6-36-84(85)114(108)129/h1-68H. The average Bonchev–Trinajstić information content (AvgIpc) is 1.53. The molecular formula is C120H68N10OS. The minimum Gasteiger partial charge on any atom is -0.454 e. The van der Waals surface area contributed by atoms with Crippen molar-refractivity contribution in [1.82, 2.24) is 48.2 Å². The van der Waals surface area contributed by atoms with Gasteiger partial charge in [0.2, 0.25) is 17.8 Å². The Morgan fingerprint density at radius 1 is 0.212 bits per heavy atom. The summed E-state index contributed by atoms with van der Waals surface area (Å²) in [6.07, 6.45) is 0. The van der Waals surface area contributed by atoms with Gasteiger partial charge in [-0.25, -0.2) is 29.9 Å². The van der Waals surface area contributed by atoms with Crippen LogP contribution in [0.5, 0.6) is 0 Å². The number of para-hydroxylation sites is 7. The van der Waals surface area contributed by atoms with Crippen molar-refractivity contribution in [3.63, 3.8) is 0 Å². The van der Waals surface area contributed by atoms with Crippen molar-refractivity contribution in [3.8, 4) is 90.7 Å². The molecular weight excluding hydrogens is 1630 g/mol. The molecule has 0 fully saturated rings. The van der Waals surface area contributed by atoms with Crippen LogP contribution in [0.25, 0.3) is 285 Å². The van der Waals surface area contributed by atoms with E-state index in [1.807, 2.05) is 11.3 Å². The number of rotatable bonds is 10. The Kier molecular flexibility index (Phi) is 15.4. The summed E-state index contributed by atoms with van der Waals surface area (Å²) < 4.78 is 19.0. The van der Waals surface area contributed by atoms with E-state index in [1.54, 1.807) is 0 Å². The Bertz CT molecular complexity index is 10100. The molecule has 9 heterocycles. The fraction of sp³-hybridized carbons (Fsp3) is 0. The summed E-state index contributed by atoms with van der Waals surface area (Å²) in [5.41, 5.74) is 25.8. The van der Waals surface area contributed by atoms with Crippen molar-refractivity contribution in [3.05, 3.63) is 413 Å². The zero-order chi connectivity index (χ0) is 86.1. The summed E-state index contributed by atoms with van der Waals surface area (Å²) in [7, 11) is 0. The molecule has 0 atom stereocenters. The van der Waals surface area contributed by atoms with Gasteiger partial charge in [0.25, 0.3) is 0 Å². The maximum absolute atomic E-state index is 7.16. The van der Waals surface area contributed by atoms with Gasteiger partial charge >= 0.3 is 0 Å². The molecule has 132 heavy (non-hydrogen) atoms. The molecule has 0 aliphatic heterocycles. The monoisotopic (exact) mass is 1700 g/mol. The molecule has 20 aromatic carbocycles. The fourth-order valence-corrected chi connectivity index (χ4v) is 23.0. The fourth-order valence-electron chi connectivity index (χ4n) is 21.7. The first-order valence-corrected chi connectivity index (χ1v) is 45.5. The SMILES string of the molecule is c1ccc(-c2nc(-n3c4ccccc4c4c5cc(-c6cccc(-c7nc(-n8c9ccccc9c9cc(-c%10ccc%11c(c%10)c%10ccccc%10n%11-c%10ccc(-c%11cccc(-c%12nc(-n%13c%14ccccc%14c%14c%15c%16ccccc%16sc%15c%15ccccc%15c%14%13)nc%13ccccc%12%13)c%11)cc%10)ccc98)nc8ccccc78)c6)ccc5c5c6ccccc6oc5c43)nc3c2ccc2ccccc23)cc1. The van der Waals surface area contributed by atoms with Crippen LogP contribution in [0.3, 0.4) is 0 Å². The molecule has 0 saturated heterocycles. The highest BCUT2D eigenvalue weighted by molar-refractivity contribution is 7.27. The summed E-state index contributed by atoms with van der Waals surface area (Å²) in [5.74, 6) is 1.79. The highest BCUT2D eigenvalue weighted by Gasteiger charge is 2.30. The van der Waals surface area contributed by atoms with Crippen LogP contribution in [0, 0.1) is 0 Å². The first-order chi connectivity index (χ1) is 65.5. The number of nitrogens with zero attached hydrogens (tertiary/aromatic N) is 10. The molecule has 0 N–H and O–H groups in total. The number of fused-ring (bicyclic) bond motifs is 31. The van der Waals surface area contributed by atoms with E-state index in [0.29, 0.717) is 17.8 Å². The van der Waals surface area contributed by atoms with Crippen molar-refractivity contribution in [1.29, 1.82) is 0 Å². The van der Waals surface area contributed by atoms with Gasteiger partial charge in [-0.05, 0) is 159 Å². The van der Waals surface area contributed by atoms with Crippen molar-refractivity contribution in [2.24, 2.45) is 0 Å². The number of thiophene rings is 1. The second kappa shape index (κ2) is 28.0. The summed E-state index contributed by atoms with van der Waals surface area (Å²) in [6.45, 7) is 0. The van der Waals surface area contributed by atoms with Crippen molar-refractivity contribution in [2.75, 3.05) is 0 Å². The Morgan fingerprint density at radius 3 is 1.32 bits per heavy atom. The largest absolute Gasteiger partial charge is 0.454 e. The Labute approximate surface area is 756 Å². The van der Waals surface area contributed by atoms with E-state index >= 15 is 0 Å². The smallest absolute Gasteiger partial charge is 0.235 e. The van der Waals surface area contributed by atoms with E-state index in [9.17, 15) is 0 Å². The van der Waals surface area contributed by atoms with Crippen LogP contribution in [-0.4, -0.2) is 48.2 Å². The molecule has 0 aliphatic rings. The van der Waals surface area contributed by atoms with E-state index in [0.717, 1.165) is 215 Å². The number of aromatic nitrogens is 10. The first kappa shape index (κ1) is 72.6. The van der Waals surface area contributed by atoms with Gasteiger partial charge < -0.3 is 8.98 Å². The normalized spacial score (nSPS) is 12.2. The molecule has 0 radical (unpaired) electrons. The lowest BCUT2D eigenvalue weighted by atomic mass is 9.94. The van der Waals surface area contributed by atoms with Gasteiger partial charge in [-0.3, -0.25) is 13.7 Å². The third-order valence-corrected chi connectivity index (χ3v) is 28.7. The molecule has 0 unspecified atom stereocenters. The van der Waals surface area contributed by atoms with Gasteiger partial charge in [-0.2, -0.15) is 0 Å². The van der Waals surface area contributed by atoms with Crippen molar-refractivity contribution in [2.45, 2.75) is 0 Å². The number of furan rings is 1. The van der Waals surface area contributed by atoms with Crippen molar-refractivity contribution >= 4 is 206 Å². The predicted molar refractivity (Wildman–Crippen MR) is 548 cm³/mol. The van der Waals surface area contributed by atoms with Gasteiger partial charge in [0.1, 0.15) is 11.1 Å². The minimum absolute atomic E-state index is 0.565. The van der Waals surface area contributed by atoms with Gasteiger partial charge in [0.05, 0.1) is 72.2 Å². The molecule has 29 rings (SSSR count). The van der Waals surface area contributed by atoms with Crippen LogP contribution in [-0.2, 0) is 0 Å². The number of hydrogen-bond acceptors (Lipinski definition) is 8. The zero-order valence-electron chi connectivity index (χ0n) is 70.5. The van der Waals surface area contributed by atoms with E-state index in [-0.39, 0.29) is 0 Å². The molecule has 610 valence electrons.